The van der Waals surface area contributed by atoms with E-state index >= 15 is 0 Å². The first kappa shape index (κ1) is 25.3. The van der Waals surface area contributed by atoms with Crippen LogP contribution in [0.1, 0.15) is 40.2 Å². The number of fused-ring (bicyclic) bond motifs is 3. The first-order chi connectivity index (χ1) is 18.6. The Morgan fingerprint density at radius 3 is 2.62 bits per heavy atom. The molecule has 12 heteroatoms. The number of aryl methyl sites for hydroxylation is 1. The van der Waals surface area contributed by atoms with Gasteiger partial charge in [-0.3, -0.25) is 9.69 Å². The number of hydrogen-bond donors (Lipinski definition) is 2. The minimum atomic E-state index is -4.77. The molecule has 0 unspecified atom stereocenters. The molecule has 0 atom stereocenters. The number of benzene rings is 1. The van der Waals surface area contributed by atoms with Gasteiger partial charge in [-0.25, -0.2) is 15.0 Å². The predicted octanol–water partition coefficient (Wildman–Crippen LogP) is 4.34. The number of amides is 1. The number of alkyl halides is 3. The van der Waals surface area contributed by atoms with Gasteiger partial charge in [0.15, 0.2) is 5.69 Å². The van der Waals surface area contributed by atoms with Gasteiger partial charge < -0.3 is 20.4 Å². The molecule has 6 rings (SSSR count). The second kappa shape index (κ2) is 9.02. The van der Waals surface area contributed by atoms with E-state index in [0.717, 1.165) is 30.2 Å². The van der Waals surface area contributed by atoms with E-state index < -0.39 is 23.3 Å². The minimum absolute atomic E-state index is 0.148. The number of ether oxygens (including phenoxy) is 1. The summed E-state index contributed by atoms with van der Waals surface area (Å²) < 4.78 is 50.4. The van der Waals surface area contributed by atoms with Crippen LogP contribution in [0.15, 0.2) is 42.7 Å². The summed E-state index contributed by atoms with van der Waals surface area (Å²) in [6.45, 7) is 1.89. The molecule has 0 bridgehead atoms. The number of nitrogens with zero attached hydrogens (tertiary/aromatic N) is 5. The molecule has 202 valence electrons. The van der Waals surface area contributed by atoms with Gasteiger partial charge in [0.1, 0.15) is 5.82 Å². The predicted molar refractivity (Wildman–Crippen MR) is 138 cm³/mol. The van der Waals surface area contributed by atoms with Gasteiger partial charge in [-0.2, -0.15) is 13.2 Å². The number of para-hydroxylation sites is 1. The van der Waals surface area contributed by atoms with Crippen LogP contribution in [-0.2, 0) is 30.0 Å². The number of carbonyl (C=O) groups is 1. The Kier molecular flexibility index (Phi) is 5.84. The molecule has 0 radical (unpaired) electrons. The van der Waals surface area contributed by atoms with Crippen molar-refractivity contribution in [3.63, 3.8) is 0 Å². The fourth-order valence-corrected chi connectivity index (χ4v) is 5.76. The molecule has 1 saturated heterocycles. The lowest BCUT2D eigenvalue weighted by molar-refractivity contribution is -0.137. The first-order valence-electron chi connectivity index (χ1n) is 12.5. The summed E-state index contributed by atoms with van der Waals surface area (Å²) in [7, 11) is 3.77. The van der Waals surface area contributed by atoms with Crippen molar-refractivity contribution in [3.8, 4) is 11.3 Å². The van der Waals surface area contributed by atoms with Crippen molar-refractivity contribution in [3.05, 3.63) is 65.2 Å². The van der Waals surface area contributed by atoms with E-state index in [-0.39, 0.29) is 22.5 Å². The summed E-state index contributed by atoms with van der Waals surface area (Å²) in [5.74, 6) is -0.675. The zero-order chi connectivity index (χ0) is 27.5. The van der Waals surface area contributed by atoms with Crippen molar-refractivity contribution in [2.75, 3.05) is 25.6 Å². The molecule has 2 aliphatic heterocycles. The molecule has 1 fully saturated rings. The number of hydrogen-bond acceptors (Lipinski definition) is 7. The van der Waals surface area contributed by atoms with E-state index in [2.05, 4.69) is 20.2 Å². The van der Waals surface area contributed by atoms with Crippen LogP contribution in [0.4, 0.5) is 24.7 Å². The molecule has 3 aromatic heterocycles. The zero-order valence-corrected chi connectivity index (χ0v) is 21.3. The Balaban J connectivity index is 1.45. The zero-order valence-electron chi connectivity index (χ0n) is 21.3. The smallest absolute Gasteiger partial charge is 0.381 e. The molecule has 4 aromatic rings. The molecule has 0 aliphatic carbocycles. The van der Waals surface area contributed by atoms with Crippen molar-refractivity contribution in [2.45, 2.75) is 31.1 Å². The van der Waals surface area contributed by atoms with Gasteiger partial charge in [0.2, 0.25) is 0 Å². The fraction of sp³-hybridized carbons (Fsp3) is 0.333. The molecule has 0 saturated carbocycles. The maximum Gasteiger partial charge on any atom is 0.418 e. The summed E-state index contributed by atoms with van der Waals surface area (Å²) in [4.78, 5) is 27.8. The number of nitrogens with two attached hydrogens (primary N) is 1. The normalized spacial score (nSPS) is 17.1. The largest absolute Gasteiger partial charge is 0.418 e. The lowest BCUT2D eigenvalue weighted by Crippen LogP contribution is -2.43. The van der Waals surface area contributed by atoms with Crippen LogP contribution >= 0.6 is 0 Å². The van der Waals surface area contributed by atoms with E-state index in [4.69, 9.17) is 15.5 Å². The molecule has 1 amide bonds. The first-order valence-corrected chi connectivity index (χ1v) is 12.5. The highest BCUT2D eigenvalue weighted by Gasteiger charge is 2.45. The van der Waals surface area contributed by atoms with Crippen molar-refractivity contribution in [1.29, 1.82) is 0 Å². The number of nitrogens with one attached hydrogen (secondary N) is 1. The summed E-state index contributed by atoms with van der Waals surface area (Å²) in [6, 6.07) is 9.37. The molecular weight excluding hydrogens is 511 g/mol. The SMILES string of the molecule is CN1Cc2nc(Nc3cc(C(F)(F)F)c(-c4cccc5c4ncn5C)nc3C(N)=O)ccc2C12CCOCC2. The number of primary amides is 1. The lowest BCUT2D eigenvalue weighted by atomic mass is 9.84. The number of imidazole rings is 1. The van der Waals surface area contributed by atoms with Crippen LogP contribution in [0, 0.1) is 0 Å². The van der Waals surface area contributed by atoms with Gasteiger partial charge in [-0.1, -0.05) is 18.2 Å². The molecule has 39 heavy (non-hydrogen) atoms. The number of aromatic nitrogens is 4. The van der Waals surface area contributed by atoms with Crippen LogP contribution in [0.25, 0.3) is 22.3 Å². The molecule has 3 N–H and O–H groups in total. The third kappa shape index (κ3) is 4.10. The van der Waals surface area contributed by atoms with Crippen LogP contribution in [0.5, 0.6) is 0 Å². The number of carbonyl (C=O) groups excluding carboxylic acids is 1. The van der Waals surface area contributed by atoms with Crippen LogP contribution in [0.3, 0.4) is 0 Å². The van der Waals surface area contributed by atoms with E-state index in [1.807, 2.05) is 13.1 Å². The number of rotatable bonds is 4. The number of halogens is 3. The van der Waals surface area contributed by atoms with E-state index in [0.29, 0.717) is 36.6 Å². The Morgan fingerprint density at radius 2 is 1.90 bits per heavy atom. The van der Waals surface area contributed by atoms with E-state index in [9.17, 15) is 18.0 Å². The van der Waals surface area contributed by atoms with Gasteiger partial charge in [0, 0.05) is 32.4 Å². The monoisotopic (exact) mass is 537 g/mol. The highest BCUT2D eigenvalue weighted by Crippen LogP contribution is 2.45. The topological polar surface area (TPSA) is 111 Å². The fourth-order valence-electron chi connectivity index (χ4n) is 5.76. The summed E-state index contributed by atoms with van der Waals surface area (Å²) in [6.07, 6.45) is -1.59. The highest BCUT2D eigenvalue weighted by molar-refractivity contribution is 5.99. The Labute approximate surface area is 221 Å². The third-order valence-electron chi connectivity index (χ3n) is 7.75. The van der Waals surface area contributed by atoms with E-state index in [1.54, 1.807) is 29.8 Å². The maximum absolute atomic E-state index is 14.4. The summed E-state index contributed by atoms with van der Waals surface area (Å²) in [5.41, 5.74) is 6.52. The quantitative estimate of drug-likeness (QED) is 0.398. The number of anilines is 2. The van der Waals surface area contributed by atoms with Crippen molar-refractivity contribution in [1.82, 2.24) is 24.4 Å². The number of pyridine rings is 2. The third-order valence-corrected chi connectivity index (χ3v) is 7.75. The lowest BCUT2D eigenvalue weighted by Gasteiger charge is -2.40. The molecule has 1 aromatic carbocycles. The molecular formula is C27H26F3N7O2. The van der Waals surface area contributed by atoms with Crippen molar-refractivity contribution >= 4 is 28.4 Å². The second-order valence-corrected chi connectivity index (χ2v) is 9.99. The summed E-state index contributed by atoms with van der Waals surface area (Å²) >= 11 is 0. The van der Waals surface area contributed by atoms with Gasteiger partial charge in [0.05, 0.1) is 45.5 Å². The highest BCUT2D eigenvalue weighted by atomic mass is 19.4. The van der Waals surface area contributed by atoms with Gasteiger partial charge >= 0.3 is 6.18 Å². The maximum atomic E-state index is 14.4. The molecule has 9 nitrogen and oxygen atoms in total. The van der Waals surface area contributed by atoms with Gasteiger partial charge in [-0.15, -0.1) is 0 Å². The average molecular weight is 538 g/mol. The molecule has 5 heterocycles. The van der Waals surface area contributed by atoms with Gasteiger partial charge in [-0.05, 0) is 43.7 Å². The van der Waals surface area contributed by atoms with Crippen molar-refractivity contribution in [2.24, 2.45) is 12.8 Å². The van der Waals surface area contributed by atoms with Crippen LogP contribution < -0.4 is 11.1 Å². The Morgan fingerprint density at radius 1 is 1.13 bits per heavy atom. The second-order valence-electron chi connectivity index (χ2n) is 9.99. The standard InChI is InChI=1S/C27H26F3N7O2/c1-36-14-32-23-15(4-3-5-20(23)36)22-17(27(28,29)30)12-18(24(35-22)25(31)38)33-21-7-6-16-19(34-21)13-37(2)26(16)8-10-39-11-9-26/h3-7,12,14H,8-11,13H2,1-2H3,(H2,31,38)(H,33,34). The average Bonchev–Trinajstić information content (AvgIpc) is 3.40. The van der Waals surface area contributed by atoms with E-state index in [1.165, 1.54) is 12.4 Å². The molecule has 1 spiro atoms. The van der Waals surface area contributed by atoms with Crippen LogP contribution in [-0.4, -0.2) is 50.6 Å². The molecule has 2 aliphatic rings. The van der Waals surface area contributed by atoms with Crippen LogP contribution in [0.2, 0.25) is 0 Å². The van der Waals surface area contributed by atoms with Gasteiger partial charge in [0.25, 0.3) is 5.91 Å². The Bertz CT molecular complexity index is 1610. The Hall–Kier alpha value is -4.03. The summed E-state index contributed by atoms with van der Waals surface area (Å²) in [5, 5.41) is 2.88. The minimum Gasteiger partial charge on any atom is -0.381 e. The van der Waals surface area contributed by atoms with Crippen molar-refractivity contribution < 1.29 is 22.7 Å².